The molecule has 0 aliphatic heterocycles. The SMILES string of the molecule is NOCCCC1CC1c1ccccc1Cl. The van der Waals surface area contributed by atoms with Crippen molar-refractivity contribution in [2.75, 3.05) is 6.61 Å². The second-order valence-corrected chi connectivity index (χ2v) is 4.54. The summed E-state index contributed by atoms with van der Waals surface area (Å²) in [5.74, 6) is 6.43. The fraction of sp³-hybridized carbons (Fsp3) is 0.500. The summed E-state index contributed by atoms with van der Waals surface area (Å²) in [5, 5.41) is 0.903. The van der Waals surface area contributed by atoms with E-state index in [9.17, 15) is 0 Å². The van der Waals surface area contributed by atoms with Gasteiger partial charge in [0.15, 0.2) is 0 Å². The monoisotopic (exact) mass is 225 g/mol. The van der Waals surface area contributed by atoms with E-state index >= 15 is 0 Å². The first kappa shape index (κ1) is 10.9. The molecule has 1 fully saturated rings. The Bertz CT molecular complexity index is 329. The summed E-state index contributed by atoms with van der Waals surface area (Å²) in [6.45, 7) is 0.658. The molecule has 0 saturated heterocycles. The minimum absolute atomic E-state index is 0.658. The lowest BCUT2D eigenvalue weighted by atomic mass is 10.1. The van der Waals surface area contributed by atoms with Crippen LogP contribution in [-0.4, -0.2) is 6.61 Å². The molecule has 0 spiro atoms. The van der Waals surface area contributed by atoms with Gasteiger partial charge in [-0.15, -0.1) is 0 Å². The predicted octanol–water partition coefficient (Wildman–Crippen LogP) is 3.11. The van der Waals surface area contributed by atoms with Crippen LogP contribution in [0.5, 0.6) is 0 Å². The molecular weight excluding hydrogens is 210 g/mol. The lowest BCUT2D eigenvalue weighted by Crippen LogP contribution is -2.00. The molecular formula is C12H16ClNO. The zero-order valence-electron chi connectivity index (χ0n) is 8.66. The van der Waals surface area contributed by atoms with Gasteiger partial charge in [0.1, 0.15) is 0 Å². The van der Waals surface area contributed by atoms with Crippen LogP contribution in [-0.2, 0) is 4.84 Å². The van der Waals surface area contributed by atoms with E-state index in [0.29, 0.717) is 12.5 Å². The minimum Gasteiger partial charge on any atom is -0.305 e. The van der Waals surface area contributed by atoms with Gasteiger partial charge in [0.2, 0.25) is 0 Å². The molecule has 2 unspecified atom stereocenters. The van der Waals surface area contributed by atoms with Crippen LogP contribution in [0.15, 0.2) is 24.3 Å². The number of nitrogens with two attached hydrogens (primary N) is 1. The first-order chi connectivity index (χ1) is 7.33. The van der Waals surface area contributed by atoms with Crippen LogP contribution in [0.4, 0.5) is 0 Å². The highest BCUT2D eigenvalue weighted by Gasteiger charge is 2.38. The van der Waals surface area contributed by atoms with Gasteiger partial charge in [-0.1, -0.05) is 29.8 Å². The standard InChI is InChI=1S/C12H16ClNO/c13-12-6-2-1-5-10(12)11-8-9(11)4-3-7-15-14/h1-2,5-6,9,11H,3-4,7-8,14H2. The van der Waals surface area contributed by atoms with E-state index in [1.54, 1.807) is 0 Å². The number of benzene rings is 1. The molecule has 2 N–H and O–H groups in total. The Balaban J connectivity index is 1.85. The van der Waals surface area contributed by atoms with Crippen LogP contribution < -0.4 is 5.90 Å². The molecule has 1 aromatic rings. The highest BCUT2D eigenvalue weighted by molar-refractivity contribution is 6.31. The number of halogens is 1. The normalized spacial score (nSPS) is 24.1. The summed E-state index contributed by atoms with van der Waals surface area (Å²) in [6, 6.07) is 8.13. The van der Waals surface area contributed by atoms with Gasteiger partial charge in [-0.25, -0.2) is 5.90 Å². The van der Waals surface area contributed by atoms with Crippen molar-refractivity contribution in [2.45, 2.75) is 25.2 Å². The van der Waals surface area contributed by atoms with Gasteiger partial charge < -0.3 is 4.84 Å². The molecule has 15 heavy (non-hydrogen) atoms. The van der Waals surface area contributed by atoms with Crippen LogP contribution in [0.2, 0.25) is 5.02 Å². The van der Waals surface area contributed by atoms with Crippen molar-refractivity contribution in [3.63, 3.8) is 0 Å². The maximum absolute atomic E-state index is 6.14. The largest absolute Gasteiger partial charge is 0.305 e. The molecule has 0 bridgehead atoms. The Morgan fingerprint density at radius 3 is 2.93 bits per heavy atom. The van der Waals surface area contributed by atoms with Gasteiger partial charge in [-0.2, -0.15) is 0 Å². The Morgan fingerprint density at radius 1 is 1.40 bits per heavy atom. The number of hydrogen-bond donors (Lipinski definition) is 1. The van der Waals surface area contributed by atoms with Gasteiger partial charge in [0.05, 0.1) is 6.61 Å². The van der Waals surface area contributed by atoms with E-state index in [4.69, 9.17) is 17.5 Å². The van der Waals surface area contributed by atoms with Crippen molar-refractivity contribution in [3.05, 3.63) is 34.9 Å². The summed E-state index contributed by atoms with van der Waals surface area (Å²) in [7, 11) is 0. The lowest BCUT2D eigenvalue weighted by Gasteiger charge is -2.02. The molecule has 1 saturated carbocycles. The molecule has 1 aliphatic carbocycles. The van der Waals surface area contributed by atoms with Gasteiger partial charge in [-0.05, 0) is 42.7 Å². The van der Waals surface area contributed by atoms with E-state index in [1.807, 2.05) is 12.1 Å². The molecule has 1 aromatic carbocycles. The Kier molecular flexibility index (Phi) is 3.62. The molecule has 0 amide bonds. The van der Waals surface area contributed by atoms with Crippen LogP contribution in [0.25, 0.3) is 0 Å². The van der Waals surface area contributed by atoms with Crippen molar-refractivity contribution < 1.29 is 4.84 Å². The topological polar surface area (TPSA) is 35.2 Å². The van der Waals surface area contributed by atoms with Crippen molar-refractivity contribution in [3.8, 4) is 0 Å². The molecule has 1 aliphatic rings. The summed E-state index contributed by atoms with van der Waals surface area (Å²) in [5.41, 5.74) is 1.30. The van der Waals surface area contributed by atoms with Crippen molar-refractivity contribution in [1.82, 2.24) is 0 Å². The summed E-state index contributed by atoms with van der Waals surface area (Å²) in [6.07, 6.45) is 3.49. The zero-order chi connectivity index (χ0) is 10.7. The fourth-order valence-corrected chi connectivity index (χ4v) is 2.43. The maximum atomic E-state index is 6.14. The summed E-state index contributed by atoms with van der Waals surface area (Å²) in [4.78, 5) is 4.56. The first-order valence-electron chi connectivity index (χ1n) is 5.39. The second-order valence-electron chi connectivity index (χ2n) is 4.14. The fourth-order valence-electron chi connectivity index (χ4n) is 2.15. The first-order valence-corrected chi connectivity index (χ1v) is 5.77. The molecule has 3 heteroatoms. The number of rotatable bonds is 5. The number of hydrogen-bond acceptors (Lipinski definition) is 2. The van der Waals surface area contributed by atoms with Crippen molar-refractivity contribution in [1.29, 1.82) is 0 Å². The third-order valence-electron chi connectivity index (χ3n) is 3.06. The average Bonchev–Trinajstić information content (AvgIpc) is 2.98. The van der Waals surface area contributed by atoms with Crippen LogP contribution in [0.1, 0.15) is 30.7 Å². The van der Waals surface area contributed by atoms with Gasteiger partial charge in [0, 0.05) is 5.02 Å². The molecule has 0 heterocycles. The highest BCUT2D eigenvalue weighted by atomic mass is 35.5. The van der Waals surface area contributed by atoms with Crippen molar-refractivity contribution >= 4 is 11.6 Å². The summed E-state index contributed by atoms with van der Waals surface area (Å²) >= 11 is 6.14. The van der Waals surface area contributed by atoms with E-state index in [-0.39, 0.29) is 0 Å². The average molecular weight is 226 g/mol. The third-order valence-corrected chi connectivity index (χ3v) is 3.41. The van der Waals surface area contributed by atoms with Gasteiger partial charge in [-0.3, -0.25) is 0 Å². The lowest BCUT2D eigenvalue weighted by molar-refractivity contribution is 0.132. The quantitative estimate of drug-likeness (QED) is 0.617. The van der Waals surface area contributed by atoms with E-state index in [1.165, 1.54) is 18.4 Å². The molecule has 0 aromatic heterocycles. The third kappa shape index (κ3) is 2.71. The molecule has 2 rings (SSSR count). The Labute approximate surface area is 95.3 Å². The maximum Gasteiger partial charge on any atom is 0.0679 e. The van der Waals surface area contributed by atoms with Crippen LogP contribution in [0.3, 0.4) is 0 Å². The minimum atomic E-state index is 0.658. The predicted molar refractivity (Wildman–Crippen MR) is 61.7 cm³/mol. The second kappa shape index (κ2) is 4.97. The summed E-state index contributed by atoms with van der Waals surface area (Å²) < 4.78 is 0. The van der Waals surface area contributed by atoms with E-state index in [0.717, 1.165) is 17.4 Å². The van der Waals surface area contributed by atoms with E-state index < -0.39 is 0 Å². The van der Waals surface area contributed by atoms with Gasteiger partial charge >= 0.3 is 0 Å². The van der Waals surface area contributed by atoms with Crippen LogP contribution in [0, 0.1) is 5.92 Å². The molecule has 2 atom stereocenters. The Morgan fingerprint density at radius 2 is 2.20 bits per heavy atom. The molecule has 2 nitrogen and oxygen atoms in total. The molecule has 0 radical (unpaired) electrons. The van der Waals surface area contributed by atoms with Crippen LogP contribution >= 0.6 is 11.6 Å². The molecule has 82 valence electrons. The smallest absolute Gasteiger partial charge is 0.0679 e. The zero-order valence-corrected chi connectivity index (χ0v) is 9.41. The van der Waals surface area contributed by atoms with E-state index in [2.05, 4.69) is 17.0 Å². The van der Waals surface area contributed by atoms with Crippen molar-refractivity contribution in [2.24, 2.45) is 11.8 Å². The Hall–Kier alpha value is -0.570. The highest BCUT2D eigenvalue weighted by Crippen LogP contribution is 2.51. The van der Waals surface area contributed by atoms with Gasteiger partial charge in [0.25, 0.3) is 0 Å².